The van der Waals surface area contributed by atoms with E-state index in [2.05, 4.69) is 4.72 Å². The average Bonchev–Trinajstić information content (AvgIpc) is 2.87. The van der Waals surface area contributed by atoms with Crippen molar-refractivity contribution in [2.75, 3.05) is 23.3 Å². The van der Waals surface area contributed by atoms with Gasteiger partial charge in [-0.3, -0.25) is 9.52 Å². The number of nitrogens with zero attached hydrogens (tertiary/aromatic N) is 1. The number of hydrogen-bond acceptors (Lipinski definition) is 5. The molecule has 1 aliphatic heterocycles. The minimum Gasteiger partial charge on any atom is -0.495 e. The summed E-state index contributed by atoms with van der Waals surface area (Å²) < 4.78 is 39.8. The van der Waals surface area contributed by atoms with Gasteiger partial charge in [0.15, 0.2) is 5.75 Å². The lowest BCUT2D eigenvalue weighted by Gasteiger charge is -2.20. The van der Waals surface area contributed by atoms with Crippen LogP contribution in [0.25, 0.3) is 0 Å². The molecule has 0 fully saturated rings. The Kier molecular flexibility index (Phi) is 5.32. The number of hydrogen-bond donors (Lipinski definition) is 1. The number of para-hydroxylation sites is 2. The summed E-state index contributed by atoms with van der Waals surface area (Å²) in [6, 6.07) is 16.8. The first-order valence-corrected chi connectivity index (χ1v) is 11.2. The van der Waals surface area contributed by atoms with Crippen LogP contribution in [0.15, 0.2) is 65.6 Å². The predicted octanol–water partition coefficient (Wildman–Crippen LogP) is 4.58. The lowest BCUT2D eigenvalue weighted by atomic mass is 10.1. The van der Waals surface area contributed by atoms with Gasteiger partial charge in [0.2, 0.25) is 0 Å². The number of carbonyl (C=O) groups is 1. The molecule has 7 nitrogen and oxygen atoms in total. The predicted molar refractivity (Wildman–Crippen MR) is 119 cm³/mol. The van der Waals surface area contributed by atoms with E-state index in [4.69, 9.17) is 9.47 Å². The standard InChI is InChI=1S/C23H22N2O5S/c1-4-25-18-7-5-6-8-20(18)30-19-12-10-16(14-17(19)23(25)26)24-31(27,28)22-13-15(2)9-11-21(22)29-3/h5-14,24H,4H2,1-3H3. The molecule has 0 aromatic heterocycles. The highest BCUT2D eigenvalue weighted by atomic mass is 32.2. The molecule has 0 aliphatic carbocycles. The van der Waals surface area contributed by atoms with Crippen LogP contribution in [0.4, 0.5) is 11.4 Å². The summed E-state index contributed by atoms with van der Waals surface area (Å²) in [6.45, 7) is 4.11. The van der Waals surface area contributed by atoms with Crippen LogP contribution in [0.2, 0.25) is 0 Å². The number of fused-ring (bicyclic) bond motifs is 2. The number of benzene rings is 3. The number of carbonyl (C=O) groups excluding carboxylic acids is 1. The third-order valence-electron chi connectivity index (χ3n) is 5.01. The Morgan fingerprint density at radius 3 is 2.55 bits per heavy atom. The maximum Gasteiger partial charge on any atom is 0.265 e. The van der Waals surface area contributed by atoms with E-state index in [1.807, 2.05) is 25.1 Å². The highest BCUT2D eigenvalue weighted by molar-refractivity contribution is 7.92. The maximum atomic E-state index is 13.2. The normalized spacial score (nSPS) is 13.0. The fourth-order valence-electron chi connectivity index (χ4n) is 3.51. The van der Waals surface area contributed by atoms with Crippen LogP contribution in [-0.4, -0.2) is 28.0 Å². The van der Waals surface area contributed by atoms with Gasteiger partial charge in [0.25, 0.3) is 15.9 Å². The second kappa shape index (κ2) is 7.96. The zero-order valence-corrected chi connectivity index (χ0v) is 18.2. The lowest BCUT2D eigenvalue weighted by Crippen LogP contribution is -2.29. The van der Waals surface area contributed by atoms with Crippen molar-refractivity contribution in [1.82, 2.24) is 0 Å². The first-order chi connectivity index (χ1) is 14.8. The summed E-state index contributed by atoms with van der Waals surface area (Å²) in [7, 11) is -2.53. The SMILES string of the molecule is CCN1C(=O)c2cc(NS(=O)(=O)c3cc(C)ccc3OC)ccc2Oc2ccccc21. The minimum absolute atomic E-state index is 0.0232. The number of methoxy groups -OCH3 is 1. The number of nitrogens with one attached hydrogen (secondary N) is 1. The van der Waals surface area contributed by atoms with Crippen LogP contribution in [-0.2, 0) is 10.0 Å². The first kappa shape index (κ1) is 20.7. The number of sulfonamides is 1. The molecule has 31 heavy (non-hydrogen) atoms. The summed E-state index contributed by atoms with van der Waals surface area (Å²) >= 11 is 0. The van der Waals surface area contributed by atoms with Crippen LogP contribution >= 0.6 is 0 Å². The van der Waals surface area contributed by atoms with E-state index in [0.29, 0.717) is 23.7 Å². The van der Waals surface area contributed by atoms with Crippen LogP contribution in [0.1, 0.15) is 22.8 Å². The molecule has 1 aliphatic rings. The molecule has 0 unspecified atom stereocenters. The lowest BCUT2D eigenvalue weighted by molar-refractivity contribution is 0.0988. The van der Waals surface area contributed by atoms with Crippen molar-refractivity contribution < 1.29 is 22.7 Å². The molecular formula is C23H22N2O5S. The second-order valence-electron chi connectivity index (χ2n) is 7.09. The summed E-state index contributed by atoms with van der Waals surface area (Å²) in [5.74, 6) is 0.898. The molecule has 0 bridgehead atoms. The zero-order valence-electron chi connectivity index (χ0n) is 17.4. The topological polar surface area (TPSA) is 84.9 Å². The second-order valence-corrected chi connectivity index (χ2v) is 8.74. The van der Waals surface area contributed by atoms with Crippen molar-refractivity contribution in [2.24, 2.45) is 0 Å². The van der Waals surface area contributed by atoms with Crippen molar-refractivity contribution in [3.63, 3.8) is 0 Å². The summed E-state index contributed by atoms with van der Waals surface area (Å²) in [6.07, 6.45) is 0. The Morgan fingerprint density at radius 2 is 1.81 bits per heavy atom. The monoisotopic (exact) mass is 438 g/mol. The van der Waals surface area contributed by atoms with Crippen LogP contribution in [0.3, 0.4) is 0 Å². The first-order valence-electron chi connectivity index (χ1n) is 9.74. The molecule has 1 heterocycles. The number of rotatable bonds is 5. The Bertz CT molecular complexity index is 1270. The van der Waals surface area contributed by atoms with Gasteiger partial charge in [0, 0.05) is 12.2 Å². The van der Waals surface area contributed by atoms with Gasteiger partial charge in [0.1, 0.15) is 16.4 Å². The van der Waals surface area contributed by atoms with E-state index in [0.717, 1.165) is 5.56 Å². The van der Waals surface area contributed by atoms with Gasteiger partial charge in [-0.1, -0.05) is 18.2 Å². The Morgan fingerprint density at radius 1 is 1.03 bits per heavy atom. The smallest absolute Gasteiger partial charge is 0.265 e. The van der Waals surface area contributed by atoms with Gasteiger partial charge in [0.05, 0.1) is 18.4 Å². The van der Waals surface area contributed by atoms with Gasteiger partial charge in [-0.25, -0.2) is 8.42 Å². The quantitative estimate of drug-likeness (QED) is 0.630. The van der Waals surface area contributed by atoms with Crippen molar-refractivity contribution >= 4 is 27.3 Å². The number of anilines is 2. The molecule has 1 N–H and O–H groups in total. The molecule has 0 atom stereocenters. The molecule has 4 rings (SSSR count). The molecule has 3 aromatic carbocycles. The molecule has 8 heteroatoms. The van der Waals surface area contributed by atoms with Crippen molar-refractivity contribution in [1.29, 1.82) is 0 Å². The highest BCUT2D eigenvalue weighted by Gasteiger charge is 2.28. The zero-order chi connectivity index (χ0) is 22.2. The number of amides is 1. The number of ether oxygens (including phenoxy) is 2. The van der Waals surface area contributed by atoms with Crippen LogP contribution in [0.5, 0.6) is 17.2 Å². The Labute approximate surface area is 181 Å². The van der Waals surface area contributed by atoms with E-state index in [1.165, 1.54) is 19.2 Å². The molecule has 1 amide bonds. The summed E-state index contributed by atoms with van der Waals surface area (Å²) in [5.41, 5.74) is 1.97. The van der Waals surface area contributed by atoms with Crippen molar-refractivity contribution in [2.45, 2.75) is 18.7 Å². The molecule has 0 saturated heterocycles. The van der Waals surface area contributed by atoms with E-state index in [-0.39, 0.29) is 27.8 Å². The number of aryl methyl sites for hydroxylation is 1. The van der Waals surface area contributed by atoms with E-state index >= 15 is 0 Å². The van der Waals surface area contributed by atoms with Crippen molar-refractivity contribution in [3.8, 4) is 17.2 Å². The average molecular weight is 439 g/mol. The molecule has 0 spiro atoms. The van der Waals surface area contributed by atoms with E-state index in [9.17, 15) is 13.2 Å². The third-order valence-corrected chi connectivity index (χ3v) is 6.41. The van der Waals surface area contributed by atoms with Crippen LogP contribution in [0, 0.1) is 6.92 Å². The van der Waals surface area contributed by atoms with Gasteiger partial charge in [-0.05, 0) is 61.9 Å². The largest absolute Gasteiger partial charge is 0.495 e. The van der Waals surface area contributed by atoms with Crippen LogP contribution < -0.4 is 19.1 Å². The Balaban J connectivity index is 1.74. The molecule has 160 valence electrons. The fourth-order valence-corrected chi connectivity index (χ4v) is 4.81. The van der Waals surface area contributed by atoms with Gasteiger partial charge in [-0.15, -0.1) is 0 Å². The third kappa shape index (κ3) is 3.82. The Hall–Kier alpha value is -3.52. The molecular weight excluding hydrogens is 416 g/mol. The summed E-state index contributed by atoms with van der Waals surface area (Å²) in [5, 5.41) is 0. The minimum atomic E-state index is -3.95. The maximum absolute atomic E-state index is 13.2. The van der Waals surface area contributed by atoms with Gasteiger partial charge >= 0.3 is 0 Å². The fraction of sp³-hybridized carbons (Fsp3) is 0.174. The van der Waals surface area contributed by atoms with Gasteiger partial charge in [-0.2, -0.15) is 0 Å². The molecule has 0 radical (unpaired) electrons. The highest BCUT2D eigenvalue weighted by Crippen LogP contribution is 2.39. The van der Waals surface area contributed by atoms with E-state index < -0.39 is 10.0 Å². The van der Waals surface area contributed by atoms with E-state index in [1.54, 1.807) is 42.2 Å². The molecule has 0 saturated carbocycles. The summed E-state index contributed by atoms with van der Waals surface area (Å²) in [4.78, 5) is 14.8. The molecule has 3 aromatic rings. The van der Waals surface area contributed by atoms with Crippen molar-refractivity contribution in [3.05, 3.63) is 71.8 Å². The van der Waals surface area contributed by atoms with Gasteiger partial charge < -0.3 is 14.4 Å².